The third kappa shape index (κ3) is 4.49. The summed E-state index contributed by atoms with van der Waals surface area (Å²) in [5, 5.41) is 3.48. The van der Waals surface area contributed by atoms with Gasteiger partial charge in [0.1, 0.15) is 0 Å². The van der Waals surface area contributed by atoms with Crippen LogP contribution in [-0.2, 0) is 6.54 Å². The van der Waals surface area contributed by atoms with Gasteiger partial charge in [-0.05, 0) is 30.9 Å². The van der Waals surface area contributed by atoms with Crippen LogP contribution >= 0.6 is 27.7 Å². The summed E-state index contributed by atoms with van der Waals surface area (Å²) in [7, 11) is 0. The quantitative estimate of drug-likeness (QED) is 0.884. The van der Waals surface area contributed by atoms with Gasteiger partial charge in [-0.3, -0.25) is 0 Å². The number of halogens is 1. The van der Waals surface area contributed by atoms with Gasteiger partial charge in [0.2, 0.25) is 0 Å². The Hall–Kier alpha value is 0.01000. The second-order valence-corrected chi connectivity index (χ2v) is 5.19. The Morgan fingerprint density at radius 3 is 2.57 bits per heavy atom. The molecule has 1 aromatic rings. The highest BCUT2D eigenvalue weighted by molar-refractivity contribution is 9.10. The van der Waals surface area contributed by atoms with Crippen molar-refractivity contribution in [2.75, 3.05) is 12.0 Å². The Balaban J connectivity index is 2.34. The van der Waals surface area contributed by atoms with Gasteiger partial charge in [0.25, 0.3) is 0 Å². The molecule has 78 valence electrons. The number of hydrogen-bond donors (Lipinski definition) is 1. The van der Waals surface area contributed by atoms with E-state index in [2.05, 4.69) is 58.7 Å². The van der Waals surface area contributed by atoms with Gasteiger partial charge in [0.05, 0.1) is 0 Å². The van der Waals surface area contributed by atoms with Gasteiger partial charge in [-0.1, -0.05) is 28.1 Å². The van der Waals surface area contributed by atoms with E-state index in [0.717, 1.165) is 16.8 Å². The van der Waals surface area contributed by atoms with Gasteiger partial charge in [0, 0.05) is 22.8 Å². The molecule has 0 amide bonds. The molecule has 1 N–H and O–H groups in total. The molecule has 0 aliphatic rings. The van der Waals surface area contributed by atoms with Gasteiger partial charge in [-0.2, -0.15) is 11.8 Å². The summed E-state index contributed by atoms with van der Waals surface area (Å²) in [5.74, 6) is 1.16. The minimum absolute atomic E-state index is 0.577. The van der Waals surface area contributed by atoms with Crippen molar-refractivity contribution in [1.29, 1.82) is 0 Å². The molecule has 0 saturated heterocycles. The fourth-order valence-electron chi connectivity index (χ4n) is 1.20. The summed E-state index contributed by atoms with van der Waals surface area (Å²) >= 11 is 5.30. The van der Waals surface area contributed by atoms with Gasteiger partial charge in [-0.15, -0.1) is 0 Å². The smallest absolute Gasteiger partial charge is 0.0208 e. The average Bonchev–Trinajstić information content (AvgIpc) is 2.17. The molecule has 1 unspecified atom stereocenters. The third-order valence-electron chi connectivity index (χ3n) is 1.98. The molecule has 0 aliphatic carbocycles. The lowest BCUT2D eigenvalue weighted by Gasteiger charge is -2.12. The minimum atomic E-state index is 0.577. The number of thioether (sulfide) groups is 1. The van der Waals surface area contributed by atoms with Crippen LogP contribution in [0, 0.1) is 0 Å². The maximum absolute atomic E-state index is 3.48. The fourth-order valence-corrected chi connectivity index (χ4v) is 2.09. The Labute approximate surface area is 98.8 Å². The SMILES string of the molecule is CSCC(C)NCc1ccc(Br)cc1. The van der Waals surface area contributed by atoms with Gasteiger partial charge in [-0.25, -0.2) is 0 Å². The summed E-state index contributed by atoms with van der Waals surface area (Å²) in [6, 6.07) is 9.02. The highest BCUT2D eigenvalue weighted by atomic mass is 79.9. The lowest BCUT2D eigenvalue weighted by Crippen LogP contribution is -2.27. The molecule has 0 radical (unpaired) electrons. The molecule has 0 heterocycles. The van der Waals surface area contributed by atoms with Crippen LogP contribution in [0.1, 0.15) is 12.5 Å². The zero-order chi connectivity index (χ0) is 10.4. The average molecular weight is 274 g/mol. The molecular weight excluding hydrogens is 258 g/mol. The maximum Gasteiger partial charge on any atom is 0.0208 e. The van der Waals surface area contributed by atoms with Crippen LogP contribution in [-0.4, -0.2) is 18.1 Å². The zero-order valence-corrected chi connectivity index (χ0v) is 11.0. The zero-order valence-electron chi connectivity index (χ0n) is 8.59. The highest BCUT2D eigenvalue weighted by Gasteiger charge is 1.99. The van der Waals surface area contributed by atoms with Crippen molar-refractivity contribution < 1.29 is 0 Å². The van der Waals surface area contributed by atoms with Crippen LogP contribution in [0.15, 0.2) is 28.7 Å². The molecule has 14 heavy (non-hydrogen) atoms. The van der Waals surface area contributed by atoms with Crippen LogP contribution < -0.4 is 5.32 Å². The molecule has 0 fully saturated rings. The first-order valence-corrected chi connectivity index (χ1v) is 6.88. The topological polar surface area (TPSA) is 12.0 Å². The number of rotatable bonds is 5. The number of hydrogen-bond acceptors (Lipinski definition) is 2. The van der Waals surface area contributed by atoms with Crippen molar-refractivity contribution in [2.45, 2.75) is 19.5 Å². The van der Waals surface area contributed by atoms with Crippen molar-refractivity contribution in [1.82, 2.24) is 5.32 Å². The predicted octanol–water partition coefficient (Wildman–Crippen LogP) is 3.29. The first-order valence-electron chi connectivity index (χ1n) is 4.69. The van der Waals surface area contributed by atoms with Crippen LogP contribution in [0.5, 0.6) is 0 Å². The van der Waals surface area contributed by atoms with E-state index in [4.69, 9.17) is 0 Å². The molecule has 0 aliphatic heterocycles. The second kappa shape index (κ2) is 6.49. The van der Waals surface area contributed by atoms with Crippen molar-refractivity contribution in [3.05, 3.63) is 34.3 Å². The fraction of sp³-hybridized carbons (Fsp3) is 0.455. The molecule has 1 nitrogen and oxygen atoms in total. The number of nitrogens with one attached hydrogen (secondary N) is 1. The predicted molar refractivity (Wildman–Crippen MR) is 68.8 cm³/mol. The molecular formula is C11H16BrNS. The van der Waals surface area contributed by atoms with Crippen LogP contribution in [0.25, 0.3) is 0 Å². The summed E-state index contributed by atoms with van der Waals surface area (Å²) in [6.07, 6.45) is 2.14. The largest absolute Gasteiger partial charge is 0.309 e. The minimum Gasteiger partial charge on any atom is -0.309 e. The summed E-state index contributed by atoms with van der Waals surface area (Å²) in [4.78, 5) is 0. The Kier molecular flexibility index (Phi) is 5.60. The van der Waals surface area contributed by atoms with E-state index in [0.29, 0.717) is 6.04 Å². The molecule has 1 atom stereocenters. The summed E-state index contributed by atoms with van der Waals surface area (Å²) < 4.78 is 1.14. The molecule has 0 aromatic heterocycles. The van der Waals surface area contributed by atoms with Crippen molar-refractivity contribution in [2.24, 2.45) is 0 Å². The standard InChI is InChI=1S/C11H16BrNS/c1-9(8-14-2)13-7-10-3-5-11(12)6-4-10/h3-6,9,13H,7-8H2,1-2H3. The van der Waals surface area contributed by atoms with Crippen LogP contribution in [0.2, 0.25) is 0 Å². The number of benzene rings is 1. The lowest BCUT2D eigenvalue weighted by molar-refractivity contribution is 0.596. The van der Waals surface area contributed by atoms with E-state index in [1.54, 1.807) is 0 Å². The third-order valence-corrected chi connectivity index (χ3v) is 3.35. The molecule has 0 saturated carbocycles. The Morgan fingerprint density at radius 1 is 1.36 bits per heavy atom. The first kappa shape index (κ1) is 12.1. The van der Waals surface area contributed by atoms with E-state index in [1.807, 2.05) is 11.8 Å². The molecule has 0 spiro atoms. The van der Waals surface area contributed by atoms with E-state index < -0.39 is 0 Å². The Bertz CT molecular complexity index is 260. The Morgan fingerprint density at radius 2 is 2.00 bits per heavy atom. The van der Waals surface area contributed by atoms with E-state index in [9.17, 15) is 0 Å². The monoisotopic (exact) mass is 273 g/mol. The molecule has 0 bridgehead atoms. The summed E-state index contributed by atoms with van der Waals surface area (Å²) in [6.45, 7) is 3.17. The first-order chi connectivity index (χ1) is 6.72. The molecule has 3 heteroatoms. The van der Waals surface area contributed by atoms with Crippen LogP contribution in [0.4, 0.5) is 0 Å². The van der Waals surface area contributed by atoms with Gasteiger partial charge >= 0.3 is 0 Å². The second-order valence-electron chi connectivity index (χ2n) is 3.36. The van der Waals surface area contributed by atoms with Crippen molar-refractivity contribution >= 4 is 27.7 Å². The van der Waals surface area contributed by atoms with E-state index in [-0.39, 0.29) is 0 Å². The van der Waals surface area contributed by atoms with E-state index >= 15 is 0 Å². The maximum atomic E-state index is 3.48. The lowest BCUT2D eigenvalue weighted by atomic mass is 10.2. The molecule has 1 aromatic carbocycles. The van der Waals surface area contributed by atoms with Gasteiger partial charge < -0.3 is 5.32 Å². The van der Waals surface area contributed by atoms with Crippen molar-refractivity contribution in [3.63, 3.8) is 0 Å². The van der Waals surface area contributed by atoms with E-state index in [1.165, 1.54) is 5.56 Å². The van der Waals surface area contributed by atoms with Gasteiger partial charge in [0.15, 0.2) is 0 Å². The summed E-state index contributed by atoms with van der Waals surface area (Å²) in [5.41, 5.74) is 1.33. The van der Waals surface area contributed by atoms with Crippen LogP contribution in [0.3, 0.4) is 0 Å². The normalized spacial score (nSPS) is 12.8. The van der Waals surface area contributed by atoms with Crippen molar-refractivity contribution in [3.8, 4) is 0 Å². The highest BCUT2D eigenvalue weighted by Crippen LogP contribution is 2.10. The molecule has 1 rings (SSSR count).